The van der Waals surface area contributed by atoms with Crippen LogP contribution in [-0.2, 0) is 0 Å². The minimum Gasteiger partial charge on any atom is -0.204 e. The average molecular weight is 131 g/mol. The van der Waals surface area contributed by atoms with E-state index in [-0.39, 0.29) is 0 Å². The largest absolute Gasteiger partial charge is 0.204 e. The van der Waals surface area contributed by atoms with Crippen molar-refractivity contribution in [2.24, 2.45) is 5.11 Å². The van der Waals surface area contributed by atoms with Crippen LogP contribution in [0.1, 0.15) is 5.56 Å². The summed E-state index contributed by atoms with van der Waals surface area (Å²) in [6, 6.07) is 8.50. The van der Waals surface area contributed by atoms with Gasteiger partial charge in [0, 0.05) is 0 Å². The molecule has 1 aromatic carbocycles. The Labute approximate surface area is 58.4 Å². The number of rotatable bonds is 1. The average Bonchev–Trinajstić information content (AvgIpc) is 2.05. The highest BCUT2D eigenvalue weighted by molar-refractivity contribution is 5.41. The van der Waals surface area contributed by atoms with E-state index in [1.165, 1.54) is 0 Å². The number of hydrogen-bond donors (Lipinski definition) is 1. The Morgan fingerprint density at radius 1 is 1.30 bits per heavy atom. The molecule has 0 amide bonds. The van der Waals surface area contributed by atoms with Crippen molar-refractivity contribution >= 4 is 5.69 Å². The van der Waals surface area contributed by atoms with Crippen molar-refractivity contribution in [2.75, 3.05) is 0 Å². The standard InChI is InChI=1S/C7H5N3/c8-5-6-1-3-7(10-9)4-2-6/h1-4,9H. The minimum absolute atomic E-state index is 0.569. The van der Waals surface area contributed by atoms with Crippen LogP contribution < -0.4 is 0 Å². The van der Waals surface area contributed by atoms with E-state index in [0.29, 0.717) is 11.3 Å². The van der Waals surface area contributed by atoms with Gasteiger partial charge in [-0.2, -0.15) is 10.4 Å². The summed E-state index contributed by atoms with van der Waals surface area (Å²) >= 11 is 0. The Morgan fingerprint density at radius 3 is 2.30 bits per heavy atom. The van der Waals surface area contributed by atoms with E-state index in [9.17, 15) is 0 Å². The molecule has 0 aliphatic carbocycles. The van der Waals surface area contributed by atoms with E-state index in [1.807, 2.05) is 6.07 Å². The third-order valence-corrected chi connectivity index (χ3v) is 1.13. The molecule has 1 N–H and O–H groups in total. The summed E-state index contributed by atoms with van der Waals surface area (Å²) in [4.78, 5) is 0. The molecule has 0 bridgehead atoms. The number of nitrogens with zero attached hydrogens (tertiary/aromatic N) is 2. The minimum atomic E-state index is 0.569. The number of benzene rings is 1. The summed E-state index contributed by atoms with van der Waals surface area (Å²) < 4.78 is 0. The fourth-order valence-corrected chi connectivity index (χ4v) is 0.611. The summed E-state index contributed by atoms with van der Waals surface area (Å²) in [5, 5.41) is 11.6. The zero-order valence-corrected chi connectivity index (χ0v) is 5.20. The van der Waals surface area contributed by atoms with Crippen LogP contribution >= 0.6 is 0 Å². The van der Waals surface area contributed by atoms with Crippen LogP contribution in [0.3, 0.4) is 0 Å². The molecule has 0 heterocycles. The second kappa shape index (κ2) is 2.74. The van der Waals surface area contributed by atoms with Gasteiger partial charge in [0.15, 0.2) is 0 Å². The Balaban J connectivity index is 3.04. The molecule has 48 valence electrons. The molecular weight excluding hydrogens is 126 g/mol. The lowest BCUT2D eigenvalue weighted by Crippen LogP contribution is -1.69. The van der Waals surface area contributed by atoms with Crippen molar-refractivity contribution in [1.29, 1.82) is 10.8 Å². The summed E-state index contributed by atoms with van der Waals surface area (Å²) in [6.45, 7) is 0. The molecule has 0 atom stereocenters. The molecule has 1 aromatic rings. The molecule has 0 unspecified atom stereocenters. The summed E-state index contributed by atoms with van der Waals surface area (Å²) in [5.41, 5.74) is 7.77. The van der Waals surface area contributed by atoms with Crippen molar-refractivity contribution in [2.45, 2.75) is 0 Å². The first-order chi connectivity index (χ1) is 4.86. The highest BCUT2D eigenvalue weighted by Crippen LogP contribution is 2.10. The molecule has 10 heavy (non-hydrogen) atoms. The van der Waals surface area contributed by atoms with Crippen LogP contribution in [0.2, 0.25) is 0 Å². The number of nitriles is 1. The van der Waals surface area contributed by atoms with Crippen molar-refractivity contribution in [3.63, 3.8) is 0 Å². The normalized spacial score (nSPS) is 8.30. The molecule has 0 aliphatic heterocycles. The fraction of sp³-hybridized carbons (Fsp3) is 0. The lowest BCUT2D eigenvalue weighted by atomic mass is 10.2. The van der Waals surface area contributed by atoms with Crippen LogP contribution in [0.5, 0.6) is 0 Å². The SMILES string of the molecule is N#Cc1ccc(N=N)cc1. The topological polar surface area (TPSA) is 60.0 Å². The van der Waals surface area contributed by atoms with Crippen LogP contribution in [-0.4, -0.2) is 0 Å². The van der Waals surface area contributed by atoms with Crippen LogP contribution in [0.25, 0.3) is 0 Å². The van der Waals surface area contributed by atoms with Gasteiger partial charge in [0.1, 0.15) is 0 Å². The first-order valence-corrected chi connectivity index (χ1v) is 2.74. The molecule has 0 fully saturated rings. The highest BCUT2D eigenvalue weighted by Gasteiger charge is 1.88. The predicted octanol–water partition coefficient (Wildman–Crippen LogP) is 2.22. The Bertz CT molecular complexity index is 268. The van der Waals surface area contributed by atoms with Crippen LogP contribution in [0, 0.1) is 16.9 Å². The quantitative estimate of drug-likeness (QED) is 0.583. The highest BCUT2D eigenvalue weighted by atomic mass is 14.9. The van der Waals surface area contributed by atoms with Crippen LogP contribution in [0.15, 0.2) is 29.4 Å². The number of nitrogens with one attached hydrogen (secondary N) is 1. The second-order valence-electron chi connectivity index (χ2n) is 1.77. The van der Waals surface area contributed by atoms with Gasteiger partial charge in [0.2, 0.25) is 0 Å². The first-order valence-electron chi connectivity index (χ1n) is 2.74. The van der Waals surface area contributed by atoms with E-state index >= 15 is 0 Å². The Kier molecular flexibility index (Phi) is 1.76. The van der Waals surface area contributed by atoms with Gasteiger partial charge in [-0.25, -0.2) is 5.53 Å². The molecule has 0 spiro atoms. The Hall–Kier alpha value is -1.69. The lowest BCUT2D eigenvalue weighted by molar-refractivity contribution is 1.15. The Morgan fingerprint density at radius 2 is 1.90 bits per heavy atom. The summed E-state index contributed by atoms with van der Waals surface area (Å²) in [7, 11) is 0. The lowest BCUT2D eigenvalue weighted by Gasteiger charge is -1.87. The maximum atomic E-state index is 8.37. The first kappa shape index (κ1) is 6.43. The molecular formula is C7H5N3. The molecule has 3 nitrogen and oxygen atoms in total. The van der Waals surface area contributed by atoms with Gasteiger partial charge in [-0.1, -0.05) is 0 Å². The monoisotopic (exact) mass is 131 g/mol. The zero-order valence-electron chi connectivity index (χ0n) is 5.20. The van der Waals surface area contributed by atoms with Crippen molar-refractivity contribution in [3.05, 3.63) is 29.8 Å². The molecule has 3 heteroatoms. The second-order valence-corrected chi connectivity index (χ2v) is 1.77. The molecule has 0 aliphatic rings. The van der Waals surface area contributed by atoms with Crippen molar-refractivity contribution in [3.8, 4) is 6.07 Å². The predicted molar refractivity (Wildman–Crippen MR) is 36.0 cm³/mol. The van der Waals surface area contributed by atoms with Gasteiger partial charge in [-0.3, -0.25) is 0 Å². The van der Waals surface area contributed by atoms with E-state index < -0.39 is 0 Å². The zero-order chi connectivity index (χ0) is 7.40. The van der Waals surface area contributed by atoms with Gasteiger partial charge >= 0.3 is 0 Å². The summed E-state index contributed by atoms with van der Waals surface area (Å²) in [6.07, 6.45) is 0. The van der Waals surface area contributed by atoms with Gasteiger partial charge in [-0.15, -0.1) is 0 Å². The molecule has 1 rings (SSSR count). The maximum Gasteiger partial charge on any atom is 0.0991 e. The third-order valence-electron chi connectivity index (χ3n) is 1.13. The smallest absolute Gasteiger partial charge is 0.0991 e. The molecule has 0 saturated heterocycles. The van der Waals surface area contributed by atoms with Crippen molar-refractivity contribution < 1.29 is 0 Å². The van der Waals surface area contributed by atoms with E-state index in [2.05, 4.69) is 5.11 Å². The maximum absolute atomic E-state index is 8.37. The van der Waals surface area contributed by atoms with Gasteiger partial charge in [0.25, 0.3) is 0 Å². The van der Waals surface area contributed by atoms with E-state index in [4.69, 9.17) is 10.8 Å². The molecule has 0 aromatic heterocycles. The van der Waals surface area contributed by atoms with Gasteiger partial charge in [-0.05, 0) is 24.3 Å². The fourth-order valence-electron chi connectivity index (χ4n) is 0.611. The molecule has 0 saturated carbocycles. The van der Waals surface area contributed by atoms with Crippen molar-refractivity contribution in [1.82, 2.24) is 0 Å². The van der Waals surface area contributed by atoms with Gasteiger partial charge in [0.05, 0.1) is 17.3 Å². The van der Waals surface area contributed by atoms with E-state index in [1.54, 1.807) is 24.3 Å². The number of hydrogen-bond acceptors (Lipinski definition) is 3. The van der Waals surface area contributed by atoms with Crippen LogP contribution in [0.4, 0.5) is 5.69 Å². The third kappa shape index (κ3) is 1.17. The summed E-state index contributed by atoms with van der Waals surface area (Å²) in [5.74, 6) is 0. The van der Waals surface area contributed by atoms with Gasteiger partial charge < -0.3 is 0 Å². The van der Waals surface area contributed by atoms with E-state index in [0.717, 1.165) is 0 Å². The molecule has 0 radical (unpaired) electrons.